The van der Waals surface area contributed by atoms with E-state index in [9.17, 15) is 4.79 Å². The molecule has 0 saturated carbocycles. The Labute approximate surface area is 84.8 Å². The summed E-state index contributed by atoms with van der Waals surface area (Å²) in [5.41, 5.74) is 1.07. The molecule has 0 saturated heterocycles. The Morgan fingerprint density at radius 3 is 2.86 bits per heavy atom. The maximum absolute atomic E-state index is 11.4. The van der Waals surface area contributed by atoms with Crippen LogP contribution in [0.5, 0.6) is 0 Å². The molecule has 0 bridgehead atoms. The van der Waals surface area contributed by atoms with Crippen LogP contribution in [-0.4, -0.2) is 22.8 Å². The predicted molar refractivity (Wildman–Crippen MR) is 55.7 cm³/mol. The second-order valence-electron chi connectivity index (χ2n) is 3.32. The molecule has 0 aliphatic carbocycles. The fraction of sp³-hybridized carbons (Fsp3) is 0.455. The Balaban J connectivity index is 2.75. The van der Waals surface area contributed by atoms with E-state index in [-0.39, 0.29) is 11.9 Å². The summed E-state index contributed by atoms with van der Waals surface area (Å²) >= 11 is 0. The minimum atomic E-state index is 0.0937. The summed E-state index contributed by atoms with van der Waals surface area (Å²) in [6.45, 7) is 3.87. The minimum Gasteiger partial charge on any atom is -0.339 e. The Kier molecular flexibility index (Phi) is 3.63. The molecular formula is C11H16N2O. The number of hydrogen-bond donors (Lipinski definition) is 0. The van der Waals surface area contributed by atoms with Gasteiger partial charge in [-0.2, -0.15) is 0 Å². The predicted octanol–water partition coefficient (Wildman–Crippen LogP) is 2.01. The molecule has 76 valence electrons. The van der Waals surface area contributed by atoms with Gasteiger partial charge in [-0.05, 0) is 18.6 Å². The SMILES string of the molecule is CCC(=O)N(C)[C@@H](C)c1cccnc1. The molecule has 0 N–H and O–H groups in total. The lowest BCUT2D eigenvalue weighted by Gasteiger charge is -2.24. The molecule has 1 heterocycles. The number of carbonyl (C=O) groups is 1. The van der Waals surface area contributed by atoms with Crippen molar-refractivity contribution < 1.29 is 4.79 Å². The summed E-state index contributed by atoms with van der Waals surface area (Å²) in [6, 6.07) is 3.96. The van der Waals surface area contributed by atoms with Gasteiger partial charge in [0.1, 0.15) is 0 Å². The second kappa shape index (κ2) is 4.74. The highest BCUT2D eigenvalue weighted by atomic mass is 16.2. The molecule has 0 unspecified atom stereocenters. The van der Waals surface area contributed by atoms with Gasteiger partial charge in [-0.15, -0.1) is 0 Å². The van der Waals surface area contributed by atoms with Gasteiger partial charge in [-0.3, -0.25) is 9.78 Å². The van der Waals surface area contributed by atoms with Gasteiger partial charge in [0.15, 0.2) is 0 Å². The van der Waals surface area contributed by atoms with Crippen LogP contribution in [0.4, 0.5) is 0 Å². The quantitative estimate of drug-likeness (QED) is 0.734. The summed E-state index contributed by atoms with van der Waals surface area (Å²) in [6.07, 6.45) is 4.07. The first-order chi connectivity index (χ1) is 6.66. The standard InChI is InChI=1S/C11H16N2O/c1-4-11(14)13(3)9(2)10-6-5-7-12-8-10/h5-9H,4H2,1-3H3/t9-/m0/s1. The van der Waals surface area contributed by atoms with Gasteiger partial charge in [0.05, 0.1) is 6.04 Å². The van der Waals surface area contributed by atoms with Crippen molar-refractivity contribution in [1.29, 1.82) is 0 Å². The smallest absolute Gasteiger partial charge is 0.222 e. The van der Waals surface area contributed by atoms with Crippen molar-refractivity contribution in [2.24, 2.45) is 0 Å². The van der Waals surface area contributed by atoms with Crippen LogP contribution in [-0.2, 0) is 4.79 Å². The number of carbonyl (C=O) groups excluding carboxylic acids is 1. The van der Waals surface area contributed by atoms with Crippen molar-refractivity contribution in [3.8, 4) is 0 Å². The van der Waals surface area contributed by atoms with Crippen LogP contribution < -0.4 is 0 Å². The van der Waals surface area contributed by atoms with Gasteiger partial charge < -0.3 is 4.90 Å². The molecule has 1 amide bonds. The summed E-state index contributed by atoms with van der Waals surface area (Å²) in [7, 11) is 1.82. The van der Waals surface area contributed by atoms with E-state index in [1.54, 1.807) is 17.3 Å². The van der Waals surface area contributed by atoms with Crippen LogP contribution >= 0.6 is 0 Å². The van der Waals surface area contributed by atoms with Gasteiger partial charge in [-0.1, -0.05) is 13.0 Å². The third kappa shape index (κ3) is 2.31. The lowest BCUT2D eigenvalue weighted by Crippen LogP contribution is -2.28. The molecule has 0 aromatic carbocycles. The van der Waals surface area contributed by atoms with Gasteiger partial charge in [-0.25, -0.2) is 0 Å². The molecule has 14 heavy (non-hydrogen) atoms. The van der Waals surface area contributed by atoms with E-state index in [0.29, 0.717) is 6.42 Å². The van der Waals surface area contributed by atoms with Crippen LogP contribution in [0.1, 0.15) is 31.9 Å². The number of amides is 1. The average Bonchev–Trinajstić information content (AvgIpc) is 2.27. The molecule has 1 aromatic rings. The molecule has 0 aliphatic rings. The Hall–Kier alpha value is -1.38. The lowest BCUT2D eigenvalue weighted by atomic mass is 10.1. The average molecular weight is 192 g/mol. The Morgan fingerprint density at radius 1 is 1.64 bits per heavy atom. The monoisotopic (exact) mass is 192 g/mol. The molecule has 3 heteroatoms. The van der Waals surface area contributed by atoms with E-state index in [1.807, 2.05) is 33.0 Å². The van der Waals surface area contributed by atoms with Crippen molar-refractivity contribution in [3.05, 3.63) is 30.1 Å². The first kappa shape index (κ1) is 10.7. The normalized spacial score (nSPS) is 12.2. The van der Waals surface area contributed by atoms with Crippen LogP contribution in [0.2, 0.25) is 0 Å². The molecule has 0 spiro atoms. The van der Waals surface area contributed by atoms with Crippen molar-refractivity contribution >= 4 is 5.91 Å². The number of rotatable bonds is 3. The molecule has 3 nitrogen and oxygen atoms in total. The van der Waals surface area contributed by atoms with Crippen LogP contribution in [0.15, 0.2) is 24.5 Å². The van der Waals surface area contributed by atoms with Crippen molar-refractivity contribution in [1.82, 2.24) is 9.88 Å². The lowest BCUT2D eigenvalue weighted by molar-refractivity contribution is -0.131. The Bertz CT molecular complexity index is 297. The zero-order chi connectivity index (χ0) is 10.6. The van der Waals surface area contributed by atoms with Crippen molar-refractivity contribution in [3.63, 3.8) is 0 Å². The van der Waals surface area contributed by atoms with Gasteiger partial charge >= 0.3 is 0 Å². The molecule has 0 radical (unpaired) electrons. The number of hydrogen-bond acceptors (Lipinski definition) is 2. The highest BCUT2D eigenvalue weighted by Crippen LogP contribution is 2.17. The first-order valence-corrected chi connectivity index (χ1v) is 4.82. The zero-order valence-electron chi connectivity index (χ0n) is 8.90. The molecule has 0 fully saturated rings. The van der Waals surface area contributed by atoms with E-state index < -0.39 is 0 Å². The van der Waals surface area contributed by atoms with E-state index in [1.165, 1.54) is 0 Å². The second-order valence-corrected chi connectivity index (χ2v) is 3.32. The third-order valence-electron chi connectivity index (χ3n) is 2.44. The van der Waals surface area contributed by atoms with E-state index in [2.05, 4.69) is 4.98 Å². The Morgan fingerprint density at radius 2 is 2.36 bits per heavy atom. The van der Waals surface area contributed by atoms with Crippen molar-refractivity contribution in [2.45, 2.75) is 26.3 Å². The highest BCUT2D eigenvalue weighted by Gasteiger charge is 2.15. The molecule has 0 aliphatic heterocycles. The van der Waals surface area contributed by atoms with E-state index in [4.69, 9.17) is 0 Å². The van der Waals surface area contributed by atoms with Crippen LogP contribution in [0.25, 0.3) is 0 Å². The fourth-order valence-corrected chi connectivity index (χ4v) is 1.31. The number of aromatic nitrogens is 1. The topological polar surface area (TPSA) is 33.2 Å². The number of nitrogens with zero attached hydrogens (tertiary/aromatic N) is 2. The fourth-order valence-electron chi connectivity index (χ4n) is 1.31. The van der Waals surface area contributed by atoms with Crippen LogP contribution in [0, 0.1) is 0 Å². The minimum absolute atomic E-state index is 0.0937. The zero-order valence-corrected chi connectivity index (χ0v) is 8.90. The maximum atomic E-state index is 11.4. The molecule has 1 aromatic heterocycles. The molecule has 1 atom stereocenters. The summed E-state index contributed by atoms with van der Waals surface area (Å²) < 4.78 is 0. The third-order valence-corrected chi connectivity index (χ3v) is 2.44. The summed E-state index contributed by atoms with van der Waals surface area (Å²) in [5, 5.41) is 0. The number of pyridine rings is 1. The van der Waals surface area contributed by atoms with Gasteiger partial charge in [0, 0.05) is 25.9 Å². The van der Waals surface area contributed by atoms with Gasteiger partial charge in [0.2, 0.25) is 5.91 Å². The van der Waals surface area contributed by atoms with E-state index >= 15 is 0 Å². The summed E-state index contributed by atoms with van der Waals surface area (Å²) in [5.74, 6) is 0.154. The van der Waals surface area contributed by atoms with E-state index in [0.717, 1.165) is 5.56 Å². The van der Waals surface area contributed by atoms with Gasteiger partial charge in [0.25, 0.3) is 0 Å². The molecule has 1 rings (SSSR count). The van der Waals surface area contributed by atoms with Crippen molar-refractivity contribution in [2.75, 3.05) is 7.05 Å². The van der Waals surface area contributed by atoms with Crippen LogP contribution in [0.3, 0.4) is 0 Å². The highest BCUT2D eigenvalue weighted by molar-refractivity contribution is 5.75. The first-order valence-electron chi connectivity index (χ1n) is 4.82. The summed E-state index contributed by atoms with van der Waals surface area (Å²) in [4.78, 5) is 17.2. The largest absolute Gasteiger partial charge is 0.339 e. The maximum Gasteiger partial charge on any atom is 0.222 e. The molecular weight excluding hydrogens is 176 g/mol.